The van der Waals surface area contributed by atoms with E-state index < -0.39 is 6.43 Å². The number of nitrogens with zero attached hydrogens (tertiary/aromatic N) is 2. The molecule has 0 spiro atoms. The summed E-state index contributed by atoms with van der Waals surface area (Å²) in [7, 11) is 0. The van der Waals surface area contributed by atoms with Gasteiger partial charge in [0.15, 0.2) is 5.69 Å². The quantitative estimate of drug-likeness (QED) is 0.764. The Morgan fingerprint density at radius 2 is 2.23 bits per heavy atom. The van der Waals surface area contributed by atoms with Crippen molar-refractivity contribution >= 4 is 15.9 Å². The van der Waals surface area contributed by atoms with Crippen molar-refractivity contribution in [3.63, 3.8) is 0 Å². The zero-order valence-electron chi connectivity index (χ0n) is 6.68. The largest absolute Gasteiger partial charge is 0.265 e. The summed E-state index contributed by atoms with van der Waals surface area (Å²) in [6, 6.07) is 3.03. The van der Waals surface area contributed by atoms with Gasteiger partial charge in [0.2, 0.25) is 0 Å². The fraction of sp³-hybridized carbons (Fsp3) is 0.250. The molecular weight excluding hydrogens is 242 g/mol. The first-order valence-electron chi connectivity index (χ1n) is 3.41. The van der Waals surface area contributed by atoms with Crippen LogP contribution in [0.4, 0.5) is 8.78 Å². The number of alkyl halides is 2. The molecule has 0 saturated heterocycles. The Hall–Kier alpha value is -1.02. The fourth-order valence-electron chi connectivity index (χ4n) is 0.894. The highest BCUT2D eigenvalue weighted by Gasteiger charge is 2.14. The van der Waals surface area contributed by atoms with Gasteiger partial charge in [-0.1, -0.05) is 0 Å². The van der Waals surface area contributed by atoms with Crippen molar-refractivity contribution in [1.29, 1.82) is 5.26 Å². The maximum atomic E-state index is 12.3. The maximum absolute atomic E-state index is 12.3. The Bertz CT molecular complexity index is 371. The van der Waals surface area contributed by atoms with Crippen LogP contribution in [0.3, 0.4) is 0 Å². The van der Waals surface area contributed by atoms with Crippen molar-refractivity contribution in [3.05, 3.63) is 27.5 Å². The van der Waals surface area contributed by atoms with Gasteiger partial charge < -0.3 is 0 Å². The molecule has 2 nitrogen and oxygen atoms in total. The first-order chi connectivity index (χ1) is 6.06. The second kappa shape index (κ2) is 3.79. The van der Waals surface area contributed by atoms with Crippen molar-refractivity contribution in [2.45, 2.75) is 13.3 Å². The number of aromatic nitrogens is 1. The van der Waals surface area contributed by atoms with Gasteiger partial charge in [-0.2, -0.15) is 5.26 Å². The molecule has 0 atom stereocenters. The van der Waals surface area contributed by atoms with Crippen LogP contribution in [0, 0.1) is 18.3 Å². The molecule has 1 aromatic rings. The second-order valence-electron chi connectivity index (χ2n) is 2.41. The van der Waals surface area contributed by atoms with E-state index >= 15 is 0 Å². The molecule has 0 N–H and O–H groups in total. The molecule has 0 aromatic carbocycles. The smallest absolute Gasteiger partial charge is 0.241 e. The van der Waals surface area contributed by atoms with Crippen LogP contribution in [0.2, 0.25) is 0 Å². The predicted octanol–water partition coefficient (Wildman–Crippen LogP) is 2.96. The summed E-state index contributed by atoms with van der Waals surface area (Å²) >= 11 is 2.99. The maximum Gasteiger partial charge on any atom is 0.265 e. The average Bonchev–Trinajstić information content (AvgIpc) is 2.07. The predicted molar refractivity (Wildman–Crippen MR) is 46.3 cm³/mol. The highest BCUT2D eigenvalue weighted by molar-refractivity contribution is 9.10. The highest BCUT2D eigenvalue weighted by Crippen LogP contribution is 2.26. The summed E-state index contributed by atoms with van der Waals surface area (Å²) in [4.78, 5) is 3.72. The van der Waals surface area contributed by atoms with Gasteiger partial charge in [0.25, 0.3) is 6.43 Å². The standard InChI is InChI=1S/C8H5BrF2N2/c1-4-5(8(10)11)2-6(9)7(3-12)13-4/h2,8H,1H3. The summed E-state index contributed by atoms with van der Waals surface area (Å²) in [6.45, 7) is 1.45. The molecule has 0 saturated carbocycles. The van der Waals surface area contributed by atoms with E-state index in [4.69, 9.17) is 5.26 Å². The van der Waals surface area contributed by atoms with E-state index in [1.807, 2.05) is 0 Å². The van der Waals surface area contributed by atoms with Gasteiger partial charge in [-0.05, 0) is 28.9 Å². The molecule has 0 fully saturated rings. The molecule has 0 radical (unpaired) electrons. The summed E-state index contributed by atoms with van der Waals surface area (Å²) in [5, 5.41) is 8.54. The Kier molecular flexibility index (Phi) is 2.94. The lowest BCUT2D eigenvalue weighted by atomic mass is 10.2. The number of nitriles is 1. The molecule has 1 aromatic heterocycles. The lowest BCUT2D eigenvalue weighted by Gasteiger charge is -2.04. The van der Waals surface area contributed by atoms with Gasteiger partial charge >= 0.3 is 0 Å². The molecule has 0 aliphatic rings. The van der Waals surface area contributed by atoms with Gasteiger partial charge in [0, 0.05) is 11.3 Å². The average molecular weight is 247 g/mol. The van der Waals surface area contributed by atoms with Crippen molar-refractivity contribution < 1.29 is 8.78 Å². The SMILES string of the molecule is Cc1nc(C#N)c(Br)cc1C(F)F. The van der Waals surface area contributed by atoms with Crippen LogP contribution in [0.15, 0.2) is 10.5 Å². The summed E-state index contributed by atoms with van der Waals surface area (Å²) < 4.78 is 24.9. The van der Waals surface area contributed by atoms with Crippen LogP contribution in [0.5, 0.6) is 0 Å². The van der Waals surface area contributed by atoms with Crippen LogP contribution < -0.4 is 0 Å². The molecule has 13 heavy (non-hydrogen) atoms. The molecule has 0 unspecified atom stereocenters. The third kappa shape index (κ3) is 2.01. The minimum absolute atomic E-state index is 0.127. The van der Waals surface area contributed by atoms with Crippen LogP contribution in [0.25, 0.3) is 0 Å². The highest BCUT2D eigenvalue weighted by atomic mass is 79.9. The number of rotatable bonds is 1. The van der Waals surface area contributed by atoms with E-state index in [9.17, 15) is 8.78 Å². The van der Waals surface area contributed by atoms with Gasteiger partial charge in [0.05, 0.1) is 4.47 Å². The Balaban J connectivity index is 3.31. The van der Waals surface area contributed by atoms with Gasteiger partial charge in [0.1, 0.15) is 6.07 Å². The van der Waals surface area contributed by atoms with E-state index in [1.165, 1.54) is 13.0 Å². The lowest BCUT2D eigenvalue weighted by molar-refractivity contribution is 0.150. The molecule has 0 aliphatic carbocycles. The van der Waals surface area contributed by atoms with E-state index in [0.717, 1.165) is 0 Å². The van der Waals surface area contributed by atoms with Gasteiger partial charge in [-0.3, -0.25) is 0 Å². The molecule has 5 heteroatoms. The summed E-state index contributed by atoms with van der Waals surface area (Å²) in [5.74, 6) is 0. The molecular formula is C8H5BrF2N2. The van der Waals surface area contributed by atoms with Crippen molar-refractivity contribution in [2.75, 3.05) is 0 Å². The first kappa shape index (κ1) is 10.1. The number of hydrogen-bond acceptors (Lipinski definition) is 2. The molecule has 68 valence electrons. The molecule has 1 heterocycles. The normalized spacial score (nSPS) is 10.2. The third-order valence-electron chi connectivity index (χ3n) is 1.55. The zero-order valence-corrected chi connectivity index (χ0v) is 8.27. The molecule has 0 bridgehead atoms. The van der Waals surface area contributed by atoms with Crippen LogP contribution in [0.1, 0.15) is 23.4 Å². The lowest BCUT2D eigenvalue weighted by Crippen LogP contribution is -1.96. The fourth-order valence-corrected chi connectivity index (χ4v) is 1.32. The summed E-state index contributed by atoms with van der Waals surface area (Å²) in [5.41, 5.74) is 0.169. The van der Waals surface area contributed by atoms with E-state index in [2.05, 4.69) is 20.9 Å². The van der Waals surface area contributed by atoms with E-state index in [1.54, 1.807) is 6.07 Å². The number of hydrogen-bond donors (Lipinski definition) is 0. The second-order valence-corrected chi connectivity index (χ2v) is 3.26. The number of aryl methyl sites for hydroxylation is 1. The van der Waals surface area contributed by atoms with Crippen molar-refractivity contribution in [2.24, 2.45) is 0 Å². The van der Waals surface area contributed by atoms with Crippen LogP contribution in [-0.4, -0.2) is 4.98 Å². The first-order valence-corrected chi connectivity index (χ1v) is 4.21. The van der Waals surface area contributed by atoms with E-state index in [0.29, 0.717) is 4.47 Å². The van der Waals surface area contributed by atoms with Crippen LogP contribution in [-0.2, 0) is 0 Å². The Morgan fingerprint density at radius 3 is 2.69 bits per heavy atom. The van der Waals surface area contributed by atoms with Crippen molar-refractivity contribution in [1.82, 2.24) is 4.98 Å². The number of halogens is 3. The van der Waals surface area contributed by atoms with Gasteiger partial charge in [-0.15, -0.1) is 0 Å². The monoisotopic (exact) mass is 246 g/mol. The molecule has 0 aliphatic heterocycles. The summed E-state index contributed by atoms with van der Waals surface area (Å²) in [6.07, 6.45) is -2.56. The number of pyridine rings is 1. The van der Waals surface area contributed by atoms with Gasteiger partial charge in [-0.25, -0.2) is 13.8 Å². The zero-order chi connectivity index (χ0) is 10.0. The van der Waals surface area contributed by atoms with Crippen LogP contribution >= 0.6 is 15.9 Å². The van der Waals surface area contributed by atoms with E-state index in [-0.39, 0.29) is 17.0 Å². The van der Waals surface area contributed by atoms with Crippen molar-refractivity contribution in [3.8, 4) is 6.07 Å². The topological polar surface area (TPSA) is 36.7 Å². The minimum Gasteiger partial charge on any atom is -0.241 e. The Labute approximate surface area is 82.3 Å². The minimum atomic E-state index is -2.56. The molecule has 0 amide bonds. The third-order valence-corrected chi connectivity index (χ3v) is 2.15. The molecule has 1 rings (SSSR count). The Morgan fingerprint density at radius 1 is 1.62 bits per heavy atom.